The van der Waals surface area contributed by atoms with Crippen LogP contribution in [0.15, 0.2) is 24.4 Å². The summed E-state index contributed by atoms with van der Waals surface area (Å²) in [5, 5.41) is 8.78. The first kappa shape index (κ1) is 18.5. The molecule has 4 heterocycles. The number of imide groups is 2. The summed E-state index contributed by atoms with van der Waals surface area (Å²) < 4.78 is 2.09. The number of carbonyl (C=O) groups is 4. The summed E-state index contributed by atoms with van der Waals surface area (Å²) in [7, 11) is 0. The van der Waals surface area contributed by atoms with Crippen LogP contribution in [-0.2, 0) is 29.2 Å². The molecular formula is C20H20N6O4. The smallest absolute Gasteiger partial charge is 0.262 e. The third-order valence-corrected chi connectivity index (χ3v) is 5.75. The minimum atomic E-state index is -0.967. The van der Waals surface area contributed by atoms with E-state index in [1.54, 1.807) is 24.4 Å². The number of imidazole rings is 1. The highest BCUT2D eigenvalue weighted by atomic mass is 16.2. The van der Waals surface area contributed by atoms with E-state index in [1.807, 2.05) is 0 Å². The van der Waals surface area contributed by atoms with Crippen LogP contribution < -0.4 is 16.0 Å². The van der Waals surface area contributed by atoms with E-state index >= 15 is 0 Å². The van der Waals surface area contributed by atoms with E-state index in [4.69, 9.17) is 0 Å². The Morgan fingerprint density at radius 2 is 2.03 bits per heavy atom. The molecule has 30 heavy (non-hydrogen) atoms. The van der Waals surface area contributed by atoms with Crippen molar-refractivity contribution in [3.8, 4) is 0 Å². The van der Waals surface area contributed by atoms with Crippen LogP contribution in [-0.4, -0.2) is 50.7 Å². The summed E-state index contributed by atoms with van der Waals surface area (Å²) in [4.78, 5) is 55.1. The number of nitrogens with one attached hydrogen (secondary N) is 3. The molecule has 0 spiro atoms. The van der Waals surface area contributed by atoms with Crippen molar-refractivity contribution in [2.75, 3.05) is 11.9 Å². The Morgan fingerprint density at radius 1 is 1.17 bits per heavy atom. The summed E-state index contributed by atoms with van der Waals surface area (Å²) in [5.74, 6) is -0.210. The van der Waals surface area contributed by atoms with Crippen LogP contribution in [0.25, 0.3) is 0 Å². The first-order valence-corrected chi connectivity index (χ1v) is 9.87. The van der Waals surface area contributed by atoms with Gasteiger partial charge in [-0.3, -0.25) is 29.4 Å². The van der Waals surface area contributed by atoms with E-state index in [9.17, 15) is 19.2 Å². The van der Waals surface area contributed by atoms with Gasteiger partial charge in [0.05, 0.1) is 23.9 Å². The molecule has 10 heteroatoms. The second kappa shape index (κ2) is 7.06. The predicted molar refractivity (Wildman–Crippen MR) is 104 cm³/mol. The zero-order valence-corrected chi connectivity index (χ0v) is 16.1. The number of anilines is 1. The van der Waals surface area contributed by atoms with Crippen molar-refractivity contribution < 1.29 is 19.2 Å². The van der Waals surface area contributed by atoms with Crippen LogP contribution in [0.1, 0.15) is 44.9 Å². The van der Waals surface area contributed by atoms with E-state index in [-0.39, 0.29) is 18.4 Å². The Morgan fingerprint density at radius 3 is 2.87 bits per heavy atom. The lowest BCUT2D eigenvalue weighted by Gasteiger charge is -2.27. The molecule has 3 aliphatic rings. The number of amides is 4. The van der Waals surface area contributed by atoms with Gasteiger partial charge in [0.1, 0.15) is 17.7 Å². The Bertz CT molecular complexity index is 1090. The molecule has 1 aromatic carbocycles. The number of hydrogen-bond acceptors (Lipinski definition) is 7. The second-order valence-electron chi connectivity index (χ2n) is 7.53. The molecule has 1 atom stereocenters. The second-order valence-corrected chi connectivity index (χ2v) is 7.53. The van der Waals surface area contributed by atoms with Crippen molar-refractivity contribution in [1.82, 2.24) is 25.1 Å². The van der Waals surface area contributed by atoms with Gasteiger partial charge in [0.25, 0.3) is 11.8 Å². The van der Waals surface area contributed by atoms with Crippen LogP contribution in [0.2, 0.25) is 0 Å². The summed E-state index contributed by atoms with van der Waals surface area (Å²) >= 11 is 0. The molecule has 0 saturated carbocycles. The molecule has 1 saturated heterocycles. The fourth-order valence-electron chi connectivity index (χ4n) is 4.25. The summed E-state index contributed by atoms with van der Waals surface area (Å²) in [6, 6.07) is 4.15. The highest BCUT2D eigenvalue weighted by Crippen LogP contribution is 2.30. The van der Waals surface area contributed by atoms with Crippen molar-refractivity contribution in [2.45, 2.75) is 38.5 Å². The van der Waals surface area contributed by atoms with Gasteiger partial charge in [0, 0.05) is 26.1 Å². The summed E-state index contributed by atoms with van der Waals surface area (Å²) in [6.45, 7) is 2.69. The van der Waals surface area contributed by atoms with Gasteiger partial charge in [0.15, 0.2) is 0 Å². The largest absolute Gasteiger partial charge is 0.366 e. The third kappa shape index (κ3) is 2.88. The third-order valence-electron chi connectivity index (χ3n) is 5.75. The quantitative estimate of drug-likeness (QED) is 0.608. The molecule has 0 bridgehead atoms. The molecule has 1 aromatic heterocycles. The Kier molecular flexibility index (Phi) is 4.35. The van der Waals surface area contributed by atoms with E-state index in [1.165, 1.54) is 0 Å². The first-order valence-electron chi connectivity index (χ1n) is 9.87. The minimum absolute atomic E-state index is 0.0966. The number of fused-ring (bicyclic) bond motifs is 2. The maximum absolute atomic E-state index is 13.1. The van der Waals surface area contributed by atoms with Crippen LogP contribution in [0.5, 0.6) is 0 Å². The van der Waals surface area contributed by atoms with Gasteiger partial charge in [-0.15, -0.1) is 0 Å². The van der Waals surface area contributed by atoms with Gasteiger partial charge < -0.3 is 15.2 Å². The molecule has 1 fully saturated rings. The highest BCUT2D eigenvalue weighted by molar-refractivity contribution is 6.24. The number of benzene rings is 1. The number of carbonyl (C=O) groups excluding carboxylic acids is 4. The van der Waals surface area contributed by atoms with Crippen LogP contribution >= 0.6 is 0 Å². The molecule has 2 aromatic rings. The molecule has 3 N–H and O–H groups in total. The average Bonchev–Trinajstić information content (AvgIpc) is 3.26. The van der Waals surface area contributed by atoms with Crippen molar-refractivity contribution in [1.29, 1.82) is 0 Å². The number of rotatable bonds is 4. The maximum atomic E-state index is 13.1. The zero-order valence-electron chi connectivity index (χ0n) is 16.1. The lowest BCUT2D eigenvalue weighted by Crippen LogP contribution is -2.54. The molecule has 1 unspecified atom stereocenters. The van der Waals surface area contributed by atoms with E-state index in [0.29, 0.717) is 24.2 Å². The molecule has 10 nitrogen and oxygen atoms in total. The maximum Gasteiger partial charge on any atom is 0.262 e. The van der Waals surface area contributed by atoms with E-state index in [0.717, 1.165) is 29.6 Å². The standard InChI is InChI=1S/C20H20N6O4/c27-16-5-4-13(18(28)24-16)26-19(29)12-3-1-2-11(17(12)20(26)30)8-22-15-10-23-14-9-21-6-7-25(14)15/h1-3,10,13,21-22H,4-9H2,(H,24,27,28). The molecular weight excluding hydrogens is 388 g/mol. The SMILES string of the molecule is O=C1CCC(N2C(=O)c3cccc(CNc4cnc5n4CCNC5)c3C2=O)C(=O)N1. The van der Waals surface area contributed by atoms with Gasteiger partial charge in [-0.2, -0.15) is 0 Å². The number of nitrogens with zero attached hydrogens (tertiary/aromatic N) is 3. The van der Waals surface area contributed by atoms with Crippen molar-refractivity contribution in [2.24, 2.45) is 0 Å². The molecule has 5 rings (SSSR count). The monoisotopic (exact) mass is 408 g/mol. The lowest BCUT2D eigenvalue weighted by molar-refractivity contribution is -0.136. The Hall–Kier alpha value is -3.53. The normalized spacial score (nSPS) is 20.8. The number of aromatic nitrogens is 2. The van der Waals surface area contributed by atoms with Crippen LogP contribution in [0.3, 0.4) is 0 Å². The first-order chi connectivity index (χ1) is 14.5. The fourth-order valence-corrected chi connectivity index (χ4v) is 4.25. The van der Waals surface area contributed by atoms with Crippen molar-refractivity contribution >= 4 is 29.4 Å². The highest BCUT2D eigenvalue weighted by Gasteiger charge is 2.45. The molecule has 4 amide bonds. The average molecular weight is 408 g/mol. The number of piperidine rings is 1. The van der Waals surface area contributed by atoms with Crippen molar-refractivity contribution in [3.05, 3.63) is 46.9 Å². The van der Waals surface area contributed by atoms with E-state index in [2.05, 4.69) is 25.5 Å². The topological polar surface area (TPSA) is 125 Å². The molecule has 0 aliphatic carbocycles. The summed E-state index contributed by atoms with van der Waals surface area (Å²) in [5.41, 5.74) is 1.26. The molecule has 0 radical (unpaired) electrons. The van der Waals surface area contributed by atoms with Gasteiger partial charge >= 0.3 is 0 Å². The fraction of sp³-hybridized carbons (Fsp3) is 0.350. The zero-order chi connectivity index (χ0) is 20.8. The van der Waals surface area contributed by atoms with Crippen molar-refractivity contribution in [3.63, 3.8) is 0 Å². The Labute approximate surface area is 171 Å². The van der Waals surface area contributed by atoms with Gasteiger partial charge in [-0.1, -0.05) is 12.1 Å². The predicted octanol–water partition coefficient (Wildman–Crippen LogP) is -0.000400. The molecule has 154 valence electrons. The lowest BCUT2D eigenvalue weighted by atomic mass is 10.0. The summed E-state index contributed by atoms with van der Waals surface area (Å²) in [6.07, 6.45) is 1.99. The van der Waals surface area contributed by atoms with Crippen LogP contribution in [0.4, 0.5) is 5.82 Å². The minimum Gasteiger partial charge on any atom is -0.366 e. The van der Waals surface area contributed by atoms with Gasteiger partial charge in [0.2, 0.25) is 11.8 Å². The van der Waals surface area contributed by atoms with Gasteiger partial charge in [-0.05, 0) is 18.1 Å². The Balaban J connectivity index is 1.40. The number of hydrogen-bond donors (Lipinski definition) is 3. The van der Waals surface area contributed by atoms with Crippen LogP contribution in [0, 0.1) is 0 Å². The molecule has 3 aliphatic heterocycles. The van der Waals surface area contributed by atoms with E-state index < -0.39 is 29.7 Å². The van der Waals surface area contributed by atoms with Gasteiger partial charge in [-0.25, -0.2) is 4.98 Å².